The number of hydrogen-bond donors (Lipinski definition) is 0. The molecule has 0 saturated heterocycles. The minimum Gasteiger partial charge on any atom is -0.427 e. The Morgan fingerprint density at radius 3 is 1.85 bits per heavy atom. The summed E-state index contributed by atoms with van der Waals surface area (Å²) in [5, 5.41) is 0. The van der Waals surface area contributed by atoms with Crippen molar-refractivity contribution in [1.82, 2.24) is 0 Å². The Kier molecular flexibility index (Phi) is 6.56. The molecule has 0 aliphatic carbocycles. The molecule has 27 heavy (non-hydrogen) atoms. The quantitative estimate of drug-likeness (QED) is 0.556. The molecule has 1 aliphatic heterocycles. The second-order valence-corrected chi connectivity index (χ2v) is 8.77. The molecular weight excluding hydrogens is 335 g/mol. The van der Waals surface area contributed by atoms with Crippen LogP contribution in [0, 0.1) is 0 Å². The minimum absolute atomic E-state index is 0.169. The van der Waals surface area contributed by atoms with Crippen LogP contribution in [0.15, 0.2) is 18.2 Å². The average Bonchev–Trinajstić information content (AvgIpc) is 2.96. The Morgan fingerprint density at radius 1 is 0.852 bits per heavy atom. The van der Waals surface area contributed by atoms with Gasteiger partial charge in [-0.1, -0.05) is 51.4 Å². The first kappa shape index (κ1) is 22.5. The lowest BCUT2D eigenvalue weighted by atomic mass is 9.76. The van der Waals surface area contributed by atoms with Crippen molar-refractivity contribution in [2.45, 2.75) is 103 Å². The van der Waals surface area contributed by atoms with Crippen molar-refractivity contribution in [3.8, 4) is 0 Å². The third-order valence-corrected chi connectivity index (χ3v) is 7.15. The first-order valence-corrected chi connectivity index (χ1v) is 10.5. The van der Waals surface area contributed by atoms with E-state index in [9.17, 15) is 0 Å². The fourth-order valence-electron chi connectivity index (χ4n) is 4.05. The molecule has 0 amide bonds. The smallest absolute Gasteiger partial charge is 0.330 e. The van der Waals surface area contributed by atoms with Gasteiger partial charge >= 0.3 is 7.48 Å². The highest BCUT2D eigenvalue weighted by Crippen LogP contribution is 2.53. The Morgan fingerprint density at radius 2 is 1.37 bits per heavy atom. The molecule has 4 heteroatoms. The van der Waals surface area contributed by atoms with Crippen molar-refractivity contribution in [1.29, 1.82) is 0 Å². The molecule has 2 rings (SSSR count). The first-order chi connectivity index (χ1) is 12.6. The Hall–Kier alpha value is -0.835. The number of fused-ring (bicyclic) bond motifs is 1. The molecule has 1 aliphatic rings. The molecular formula is C23H38BO3. The van der Waals surface area contributed by atoms with E-state index in [1.807, 2.05) is 21.3 Å². The van der Waals surface area contributed by atoms with Crippen molar-refractivity contribution in [3.63, 3.8) is 0 Å². The zero-order valence-electron chi connectivity index (χ0n) is 18.9. The number of rotatable bonds is 9. The Bertz CT molecular complexity index is 643. The lowest BCUT2D eigenvalue weighted by Crippen LogP contribution is -2.50. The summed E-state index contributed by atoms with van der Waals surface area (Å²) in [5.74, 6) is 0. The largest absolute Gasteiger partial charge is 0.427 e. The highest BCUT2D eigenvalue weighted by molar-refractivity contribution is 6.47. The maximum atomic E-state index is 6.80. The second kappa shape index (κ2) is 7.89. The lowest BCUT2D eigenvalue weighted by Gasteiger charge is -2.40. The van der Waals surface area contributed by atoms with Gasteiger partial charge in [0, 0.05) is 7.11 Å². The predicted octanol–water partition coefficient (Wildman–Crippen LogP) is 5.21. The predicted molar refractivity (Wildman–Crippen MR) is 114 cm³/mol. The molecule has 0 unspecified atom stereocenters. The molecule has 151 valence electrons. The highest BCUT2D eigenvalue weighted by Gasteiger charge is 2.50. The van der Waals surface area contributed by atoms with E-state index in [1.165, 1.54) is 11.1 Å². The van der Waals surface area contributed by atoms with Gasteiger partial charge in [-0.3, -0.25) is 0 Å². The molecule has 1 aromatic carbocycles. The normalized spacial score (nSPS) is 18.4. The molecule has 1 heterocycles. The summed E-state index contributed by atoms with van der Waals surface area (Å²) in [6.07, 6.45) is 3.94. The summed E-state index contributed by atoms with van der Waals surface area (Å²) in [7, 11) is 3.60. The third kappa shape index (κ3) is 3.73. The van der Waals surface area contributed by atoms with E-state index in [4.69, 9.17) is 14.1 Å². The topological polar surface area (TPSA) is 27.7 Å². The van der Waals surface area contributed by atoms with Crippen LogP contribution in [0.1, 0.15) is 92.2 Å². The van der Waals surface area contributed by atoms with E-state index < -0.39 is 5.60 Å². The van der Waals surface area contributed by atoms with E-state index in [0.717, 1.165) is 31.1 Å². The average molecular weight is 373 g/mol. The number of ether oxygens (including phenoxy) is 2. The van der Waals surface area contributed by atoms with E-state index in [0.29, 0.717) is 0 Å². The first-order valence-electron chi connectivity index (χ1n) is 10.5. The van der Waals surface area contributed by atoms with Crippen LogP contribution in [0.4, 0.5) is 0 Å². The van der Waals surface area contributed by atoms with Crippen LogP contribution < -0.4 is 5.46 Å². The van der Waals surface area contributed by atoms with Crippen LogP contribution in [-0.4, -0.2) is 25.8 Å². The Labute approximate surface area is 167 Å². The van der Waals surface area contributed by atoms with Crippen LogP contribution in [0.5, 0.6) is 0 Å². The zero-order valence-corrected chi connectivity index (χ0v) is 18.9. The SMILES string of the molecule is CCC1(CC)OC(CC)(CC)c2cc([B]OC(C)(C)C(C)(C)OC)ccc21. The molecule has 1 radical (unpaired) electrons. The summed E-state index contributed by atoms with van der Waals surface area (Å²) in [6.45, 7) is 17.1. The minimum atomic E-state index is -0.444. The van der Waals surface area contributed by atoms with Crippen molar-refractivity contribution >= 4 is 12.9 Å². The van der Waals surface area contributed by atoms with Gasteiger partial charge in [-0.2, -0.15) is 0 Å². The molecule has 0 fully saturated rings. The molecule has 1 aromatic rings. The summed E-state index contributed by atoms with van der Waals surface area (Å²) < 4.78 is 18.6. The highest BCUT2D eigenvalue weighted by atomic mass is 16.5. The van der Waals surface area contributed by atoms with Gasteiger partial charge in [0.05, 0.1) is 22.4 Å². The van der Waals surface area contributed by atoms with Gasteiger partial charge in [0.2, 0.25) is 0 Å². The monoisotopic (exact) mass is 373 g/mol. The van der Waals surface area contributed by atoms with Crippen molar-refractivity contribution < 1.29 is 14.1 Å². The van der Waals surface area contributed by atoms with Gasteiger partial charge in [-0.15, -0.1) is 0 Å². The molecule has 0 spiro atoms. The summed E-state index contributed by atoms with van der Waals surface area (Å²) in [4.78, 5) is 0. The number of benzene rings is 1. The van der Waals surface area contributed by atoms with Gasteiger partial charge in [-0.05, 0) is 64.5 Å². The fraction of sp³-hybridized carbons (Fsp3) is 0.739. The molecule has 0 saturated carbocycles. The van der Waals surface area contributed by atoms with Crippen LogP contribution in [0.25, 0.3) is 0 Å². The van der Waals surface area contributed by atoms with Crippen molar-refractivity contribution in [3.05, 3.63) is 29.3 Å². The maximum Gasteiger partial charge on any atom is 0.330 e. The van der Waals surface area contributed by atoms with Gasteiger partial charge in [0.25, 0.3) is 0 Å². The number of hydrogen-bond acceptors (Lipinski definition) is 3. The Balaban J connectivity index is 2.37. The lowest BCUT2D eigenvalue weighted by molar-refractivity contribution is -0.151. The summed E-state index contributed by atoms with van der Waals surface area (Å²) in [5.41, 5.74) is 2.55. The van der Waals surface area contributed by atoms with Crippen LogP contribution in [0.3, 0.4) is 0 Å². The second-order valence-electron chi connectivity index (χ2n) is 8.77. The summed E-state index contributed by atoms with van der Waals surface area (Å²) in [6, 6.07) is 6.67. The van der Waals surface area contributed by atoms with Gasteiger partial charge in [-0.25, -0.2) is 0 Å². The van der Waals surface area contributed by atoms with E-state index in [2.05, 4.69) is 59.7 Å². The van der Waals surface area contributed by atoms with E-state index >= 15 is 0 Å². The van der Waals surface area contributed by atoms with Crippen LogP contribution >= 0.6 is 0 Å². The standard InChI is InChI=1S/C23H38BO3/c1-10-22(11-2)18-15-14-17(16-19(18)23(12-3,13-4)26-22)24-27-21(7,8)20(5,6)25-9/h14-16H,10-13H2,1-9H3. The summed E-state index contributed by atoms with van der Waals surface area (Å²) >= 11 is 0. The molecule has 0 aromatic heterocycles. The van der Waals surface area contributed by atoms with Gasteiger partial charge in [0.15, 0.2) is 0 Å². The van der Waals surface area contributed by atoms with Gasteiger partial charge < -0.3 is 14.1 Å². The molecule has 0 atom stereocenters. The molecule has 0 N–H and O–H groups in total. The maximum absolute atomic E-state index is 6.80. The zero-order chi connectivity index (χ0) is 20.5. The van der Waals surface area contributed by atoms with Crippen molar-refractivity contribution in [2.24, 2.45) is 0 Å². The fourth-order valence-corrected chi connectivity index (χ4v) is 4.05. The third-order valence-electron chi connectivity index (χ3n) is 7.15. The van der Waals surface area contributed by atoms with Crippen LogP contribution in [-0.2, 0) is 25.3 Å². The van der Waals surface area contributed by atoms with Gasteiger partial charge in [0.1, 0.15) is 0 Å². The van der Waals surface area contributed by atoms with E-state index in [1.54, 1.807) is 7.11 Å². The van der Waals surface area contributed by atoms with Crippen LogP contribution in [0.2, 0.25) is 0 Å². The van der Waals surface area contributed by atoms with E-state index in [-0.39, 0.29) is 16.8 Å². The number of methoxy groups -OCH3 is 1. The molecule has 0 bridgehead atoms. The molecule has 3 nitrogen and oxygen atoms in total. The van der Waals surface area contributed by atoms with Crippen molar-refractivity contribution in [2.75, 3.05) is 7.11 Å².